The van der Waals surface area contributed by atoms with E-state index < -0.39 is 11.7 Å². The lowest BCUT2D eigenvalue weighted by atomic mass is 9.90. The van der Waals surface area contributed by atoms with Gasteiger partial charge in [-0.25, -0.2) is 4.98 Å². The third-order valence-corrected chi connectivity index (χ3v) is 5.35. The smallest absolute Gasteiger partial charge is 0.210 e. The predicted octanol–water partition coefficient (Wildman–Crippen LogP) is 4.30. The molecule has 1 saturated heterocycles. The third kappa shape index (κ3) is 6.26. The number of imidazole rings is 1. The molecule has 2 rings (SSSR count). The predicted molar refractivity (Wildman–Crippen MR) is 111 cm³/mol. The summed E-state index contributed by atoms with van der Waals surface area (Å²) in [5.41, 5.74) is 0.0433. The molecule has 4 atom stereocenters. The molecule has 2 heterocycles. The molecule has 7 nitrogen and oxygen atoms in total. The van der Waals surface area contributed by atoms with Crippen LogP contribution < -0.4 is 0 Å². The number of hydrogen-bond donors (Lipinski definition) is 1. The summed E-state index contributed by atoms with van der Waals surface area (Å²) in [6, 6.07) is 2.04. The summed E-state index contributed by atoms with van der Waals surface area (Å²) in [6.07, 6.45) is 6.94. The van der Waals surface area contributed by atoms with Crippen molar-refractivity contribution in [2.75, 3.05) is 26.4 Å². The van der Waals surface area contributed by atoms with Crippen molar-refractivity contribution in [2.24, 2.45) is 0 Å². The Morgan fingerprint density at radius 2 is 1.83 bits per heavy atom. The quantitative estimate of drug-likeness (QED) is 0.463. The van der Waals surface area contributed by atoms with Crippen LogP contribution in [0.25, 0.3) is 0 Å². The fourth-order valence-electron chi connectivity index (χ4n) is 3.60. The summed E-state index contributed by atoms with van der Waals surface area (Å²) >= 11 is 0. The lowest BCUT2D eigenvalue weighted by Crippen LogP contribution is -2.48. The van der Waals surface area contributed by atoms with Gasteiger partial charge in [0, 0.05) is 19.8 Å². The molecule has 1 aliphatic heterocycles. The van der Waals surface area contributed by atoms with Crippen LogP contribution in [0.4, 0.5) is 0 Å². The van der Waals surface area contributed by atoms with Crippen molar-refractivity contribution < 1.29 is 18.9 Å². The Bertz CT molecular complexity index is 630. The Kier molecular flexibility index (Phi) is 10.1. The van der Waals surface area contributed by atoms with Crippen molar-refractivity contribution >= 4 is 0 Å². The zero-order valence-electron chi connectivity index (χ0n) is 18.4. The molecule has 0 saturated carbocycles. The molecule has 29 heavy (non-hydrogen) atoms. The van der Waals surface area contributed by atoms with Gasteiger partial charge in [0.15, 0.2) is 0 Å². The largest absolute Gasteiger partial charge is 0.379 e. The zero-order chi connectivity index (χ0) is 21.1. The first-order valence-electron chi connectivity index (χ1n) is 11.0. The van der Waals surface area contributed by atoms with Crippen LogP contribution >= 0.6 is 0 Å². The van der Waals surface area contributed by atoms with E-state index in [0.717, 1.165) is 44.2 Å². The molecule has 0 spiro atoms. The second-order valence-electron chi connectivity index (χ2n) is 7.81. The molecule has 0 aromatic carbocycles. The first kappa shape index (κ1) is 23.8. The molecule has 0 bridgehead atoms. The fourth-order valence-corrected chi connectivity index (χ4v) is 3.60. The molecular formula is C22H37N3O4. The average molecular weight is 408 g/mol. The van der Waals surface area contributed by atoms with E-state index in [0.29, 0.717) is 26.4 Å². The molecule has 7 heteroatoms. The van der Waals surface area contributed by atoms with Gasteiger partial charge in [-0.05, 0) is 26.2 Å². The maximum Gasteiger partial charge on any atom is 0.210 e. The van der Waals surface area contributed by atoms with Crippen molar-refractivity contribution in [2.45, 2.75) is 90.1 Å². The number of nitrogens with zero attached hydrogens (tertiary/aromatic N) is 2. The number of nitrogens with one attached hydrogen (secondary N) is 1. The van der Waals surface area contributed by atoms with E-state index in [1.165, 1.54) is 0 Å². The summed E-state index contributed by atoms with van der Waals surface area (Å²) in [6.45, 7) is 10.9. The first-order chi connectivity index (χ1) is 14.1. The second-order valence-corrected chi connectivity index (χ2v) is 7.81. The highest BCUT2D eigenvalue weighted by Crippen LogP contribution is 2.45. The monoisotopic (exact) mass is 407 g/mol. The third-order valence-electron chi connectivity index (χ3n) is 5.35. The fraction of sp³-hybridized carbons (Fsp3) is 0.818. The summed E-state index contributed by atoms with van der Waals surface area (Å²) in [4.78, 5) is 7.19. The Labute approximate surface area is 175 Å². The minimum absolute atomic E-state index is 0.242. The van der Waals surface area contributed by atoms with E-state index in [1.54, 1.807) is 6.20 Å². The van der Waals surface area contributed by atoms with Gasteiger partial charge in [-0.2, -0.15) is 5.26 Å². The van der Waals surface area contributed by atoms with E-state index in [1.807, 2.05) is 13.0 Å². The number of aromatic amines is 1. The Morgan fingerprint density at radius 3 is 2.48 bits per heavy atom. The highest BCUT2D eigenvalue weighted by molar-refractivity contribution is 5.20. The van der Waals surface area contributed by atoms with Crippen LogP contribution in [-0.4, -0.2) is 54.2 Å². The van der Waals surface area contributed by atoms with Gasteiger partial charge in [-0.1, -0.05) is 40.0 Å². The molecule has 164 valence electrons. The molecular weight excluding hydrogens is 370 g/mol. The normalized spacial score (nSPS) is 26.7. The van der Waals surface area contributed by atoms with Crippen LogP contribution in [0.15, 0.2) is 6.20 Å². The van der Waals surface area contributed by atoms with Gasteiger partial charge in [0.25, 0.3) is 0 Å². The first-order valence-corrected chi connectivity index (χ1v) is 11.0. The maximum absolute atomic E-state index is 9.15. The standard InChI is InChI=1S/C22H37N3O4/c1-5-8-11-26-16-18-21(27-12-9-6-2)22(4,28-13-10-7-3)20(29-18)17-15-24-19(14-23)25-17/h15,18,20-21H,5-13,16H2,1-4H3,(H,24,25)/t18?,20?,21-,22+/m1/s1. The van der Waals surface area contributed by atoms with Crippen LogP contribution in [-0.2, 0) is 18.9 Å². The highest BCUT2D eigenvalue weighted by atomic mass is 16.6. The van der Waals surface area contributed by atoms with Crippen LogP contribution in [0, 0.1) is 11.3 Å². The van der Waals surface area contributed by atoms with Crippen molar-refractivity contribution in [1.29, 1.82) is 5.26 Å². The van der Waals surface area contributed by atoms with Gasteiger partial charge in [-0.3, -0.25) is 0 Å². The summed E-state index contributed by atoms with van der Waals surface area (Å²) in [5, 5.41) is 9.15. The average Bonchev–Trinajstić information content (AvgIpc) is 3.29. The van der Waals surface area contributed by atoms with E-state index in [4.69, 9.17) is 24.2 Å². The molecule has 1 aliphatic rings. The Hall–Kier alpha value is -1.46. The molecule has 1 fully saturated rings. The van der Waals surface area contributed by atoms with E-state index >= 15 is 0 Å². The molecule has 0 aliphatic carbocycles. The summed E-state index contributed by atoms with van der Waals surface area (Å²) in [7, 11) is 0. The van der Waals surface area contributed by atoms with Crippen LogP contribution in [0.5, 0.6) is 0 Å². The minimum Gasteiger partial charge on any atom is -0.379 e. The maximum atomic E-state index is 9.15. The number of nitriles is 1. The van der Waals surface area contributed by atoms with Crippen LogP contribution in [0.1, 0.15) is 83.8 Å². The van der Waals surface area contributed by atoms with Gasteiger partial charge in [0.05, 0.1) is 18.5 Å². The number of unbranched alkanes of at least 4 members (excludes halogenated alkanes) is 3. The number of aromatic nitrogens is 2. The van der Waals surface area contributed by atoms with E-state index in [-0.39, 0.29) is 18.0 Å². The van der Waals surface area contributed by atoms with Crippen molar-refractivity contribution in [3.05, 3.63) is 17.7 Å². The van der Waals surface area contributed by atoms with Crippen LogP contribution in [0.2, 0.25) is 0 Å². The van der Waals surface area contributed by atoms with Crippen molar-refractivity contribution in [1.82, 2.24) is 9.97 Å². The summed E-state index contributed by atoms with van der Waals surface area (Å²) in [5.74, 6) is 0.269. The SMILES string of the molecule is CCCCOCC1OC(c2cnc(C#N)[nH]2)[C@](C)(OCCCC)[C@@H]1OCCCC. The van der Waals surface area contributed by atoms with Crippen molar-refractivity contribution in [3.8, 4) is 6.07 Å². The molecule has 1 N–H and O–H groups in total. The van der Waals surface area contributed by atoms with Gasteiger partial charge in [0.1, 0.15) is 30.0 Å². The second kappa shape index (κ2) is 12.3. The highest BCUT2D eigenvalue weighted by Gasteiger charge is 2.56. The number of hydrogen-bond acceptors (Lipinski definition) is 6. The van der Waals surface area contributed by atoms with Crippen LogP contribution in [0.3, 0.4) is 0 Å². The molecule has 1 aromatic rings. The Balaban J connectivity index is 2.24. The van der Waals surface area contributed by atoms with E-state index in [9.17, 15) is 0 Å². The lowest BCUT2D eigenvalue weighted by Gasteiger charge is -2.35. The number of H-pyrrole nitrogens is 1. The van der Waals surface area contributed by atoms with Crippen molar-refractivity contribution in [3.63, 3.8) is 0 Å². The van der Waals surface area contributed by atoms with Gasteiger partial charge >= 0.3 is 0 Å². The molecule has 0 amide bonds. The van der Waals surface area contributed by atoms with Gasteiger partial charge in [-0.15, -0.1) is 0 Å². The van der Waals surface area contributed by atoms with E-state index in [2.05, 4.69) is 30.7 Å². The minimum atomic E-state index is -0.693. The van der Waals surface area contributed by atoms with Gasteiger partial charge < -0.3 is 23.9 Å². The lowest BCUT2D eigenvalue weighted by molar-refractivity contribution is -0.138. The Morgan fingerprint density at radius 1 is 1.14 bits per heavy atom. The zero-order valence-corrected chi connectivity index (χ0v) is 18.4. The number of rotatable bonds is 14. The molecule has 2 unspecified atom stereocenters. The number of ether oxygens (including phenoxy) is 4. The summed E-state index contributed by atoms with van der Waals surface area (Å²) < 4.78 is 25.0. The molecule has 0 radical (unpaired) electrons. The topological polar surface area (TPSA) is 89.4 Å². The molecule has 1 aromatic heterocycles. The van der Waals surface area contributed by atoms with Gasteiger partial charge in [0.2, 0.25) is 5.82 Å².